The first-order chi connectivity index (χ1) is 20.2. The number of nitrogen functional groups attached to an aromatic ring is 1. The number of nitrogens with two attached hydrogens (primary N) is 1. The van der Waals surface area contributed by atoms with E-state index in [0.717, 1.165) is 6.07 Å². The molecule has 212 valence electrons. The first-order valence-corrected chi connectivity index (χ1v) is 13.1. The minimum absolute atomic E-state index is 0.0391. The number of fused-ring (bicyclic) bond motifs is 2. The molecule has 0 saturated carbocycles. The number of aromatic nitrogens is 4. The number of ether oxygens (including phenoxy) is 1. The zero-order valence-electron chi connectivity index (χ0n) is 22.6. The lowest BCUT2D eigenvalue weighted by atomic mass is 10.0. The summed E-state index contributed by atoms with van der Waals surface area (Å²) < 4.78 is 56.2. The maximum Gasteiger partial charge on any atom is 0.200 e. The van der Waals surface area contributed by atoms with Crippen molar-refractivity contribution >= 4 is 27.8 Å². The van der Waals surface area contributed by atoms with E-state index in [-0.39, 0.29) is 52.9 Å². The van der Waals surface area contributed by atoms with E-state index in [9.17, 15) is 18.0 Å². The second-order valence-corrected chi connectivity index (χ2v) is 9.97. The van der Waals surface area contributed by atoms with Crippen molar-refractivity contribution in [2.45, 2.75) is 32.9 Å². The number of nitrogens with zero attached hydrogens (tertiary/aromatic N) is 4. The van der Waals surface area contributed by atoms with Crippen LogP contribution in [-0.4, -0.2) is 25.9 Å². The van der Waals surface area contributed by atoms with Crippen LogP contribution in [0.25, 0.3) is 44.4 Å². The van der Waals surface area contributed by atoms with Crippen molar-refractivity contribution < 1.29 is 22.3 Å². The Hall–Kier alpha value is -5.19. The summed E-state index contributed by atoms with van der Waals surface area (Å²) in [5.41, 5.74) is 7.50. The van der Waals surface area contributed by atoms with E-state index in [1.807, 2.05) is 0 Å². The molecule has 6 rings (SSSR count). The van der Waals surface area contributed by atoms with Crippen molar-refractivity contribution in [1.29, 1.82) is 0 Å². The third kappa shape index (κ3) is 4.93. The van der Waals surface area contributed by atoms with Crippen molar-refractivity contribution in [3.8, 4) is 28.1 Å². The Bertz CT molecular complexity index is 2040. The lowest BCUT2D eigenvalue weighted by Gasteiger charge is -2.11. The Morgan fingerprint density at radius 3 is 2.55 bits per heavy atom. The summed E-state index contributed by atoms with van der Waals surface area (Å²) in [5.74, 6) is -1.18. The molecule has 0 atom stereocenters. The number of anilines is 1. The van der Waals surface area contributed by atoms with Gasteiger partial charge in [0.05, 0.1) is 29.0 Å². The summed E-state index contributed by atoms with van der Waals surface area (Å²) in [6, 6.07) is 13.7. The predicted octanol–water partition coefficient (Wildman–Crippen LogP) is 6.30. The van der Waals surface area contributed by atoms with Crippen LogP contribution in [0.4, 0.5) is 19.0 Å². The quantitative estimate of drug-likeness (QED) is 0.240. The Morgan fingerprint density at radius 1 is 0.976 bits per heavy atom. The number of hydrogen-bond donors (Lipinski definition) is 1. The zero-order valence-corrected chi connectivity index (χ0v) is 22.6. The number of halogens is 3. The Balaban J connectivity index is 1.45. The fraction of sp³-hybridized carbons (Fsp3) is 0.161. The number of benzene rings is 3. The van der Waals surface area contributed by atoms with Gasteiger partial charge in [-0.2, -0.15) is 5.10 Å². The van der Waals surface area contributed by atoms with Gasteiger partial charge in [0, 0.05) is 12.0 Å². The van der Waals surface area contributed by atoms with Crippen LogP contribution in [0.2, 0.25) is 0 Å². The van der Waals surface area contributed by atoms with Crippen LogP contribution in [0, 0.1) is 17.5 Å². The summed E-state index contributed by atoms with van der Waals surface area (Å²) in [7, 11) is 0. The van der Waals surface area contributed by atoms with E-state index in [4.69, 9.17) is 14.9 Å². The molecular formula is C31H24F3N5O3. The van der Waals surface area contributed by atoms with Crippen LogP contribution in [0.3, 0.4) is 0 Å². The fourth-order valence-corrected chi connectivity index (χ4v) is 4.92. The van der Waals surface area contributed by atoms with E-state index in [0.29, 0.717) is 27.9 Å². The highest BCUT2D eigenvalue weighted by atomic mass is 19.1. The monoisotopic (exact) mass is 571 g/mol. The molecule has 0 amide bonds. The first-order valence-electron chi connectivity index (χ1n) is 13.1. The van der Waals surface area contributed by atoms with Gasteiger partial charge in [0.2, 0.25) is 5.43 Å². The maximum atomic E-state index is 14.9. The number of rotatable bonds is 7. The van der Waals surface area contributed by atoms with Gasteiger partial charge in [0.15, 0.2) is 17.2 Å². The van der Waals surface area contributed by atoms with Crippen LogP contribution < -0.4 is 15.9 Å². The Morgan fingerprint density at radius 2 is 1.79 bits per heavy atom. The minimum atomic E-state index is -0.596. The first kappa shape index (κ1) is 27.0. The standard InChI is InChI=1S/C31H24F3N5O3/c1-16(2)41-24-8-6-18(13-22(24)34)28-27-30(35)36-15-37-31(27)39(38-28)11-10-25-26(17-4-3-5-19(32)12-17)29(40)21-14-20(33)7-9-23(21)42-25/h3-9,12-16H,10-11H2,1-2H3,(H2,35,36,37). The SMILES string of the molecule is CC(C)Oc1ccc(-c2nn(CCc3oc4ccc(F)cc4c(=O)c3-c3cccc(F)c3)c3ncnc(N)c23)cc1F. The molecule has 6 aromatic rings. The van der Waals surface area contributed by atoms with Crippen molar-refractivity contribution in [3.05, 3.63) is 100 Å². The van der Waals surface area contributed by atoms with Crippen LogP contribution in [0.1, 0.15) is 19.6 Å². The van der Waals surface area contributed by atoms with E-state index in [2.05, 4.69) is 15.1 Å². The molecule has 0 saturated heterocycles. The molecule has 8 nitrogen and oxygen atoms in total. The molecule has 0 radical (unpaired) electrons. The maximum absolute atomic E-state index is 14.9. The average Bonchev–Trinajstić information content (AvgIpc) is 3.33. The van der Waals surface area contributed by atoms with Crippen molar-refractivity contribution in [2.24, 2.45) is 0 Å². The normalized spacial score (nSPS) is 11.6. The predicted molar refractivity (Wildman–Crippen MR) is 152 cm³/mol. The van der Waals surface area contributed by atoms with Gasteiger partial charge in [0.1, 0.15) is 40.8 Å². The van der Waals surface area contributed by atoms with Gasteiger partial charge < -0.3 is 14.9 Å². The van der Waals surface area contributed by atoms with Gasteiger partial charge in [-0.1, -0.05) is 12.1 Å². The highest BCUT2D eigenvalue weighted by molar-refractivity contribution is 5.98. The van der Waals surface area contributed by atoms with Crippen LogP contribution in [-0.2, 0) is 13.0 Å². The molecule has 0 fully saturated rings. The van der Waals surface area contributed by atoms with Gasteiger partial charge >= 0.3 is 0 Å². The second kappa shape index (κ2) is 10.7. The molecule has 0 aliphatic heterocycles. The molecule has 0 unspecified atom stereocenters. The molecule has 42 heavy (non-hydrogen) atoms. The van der Waals surface area contributed by atoms with Gasteiger partial charge in [0.25, 0.3) is 0 Å². The lowest BCUT2D eigenvalue weighted by molar-refractivity contribution is 0.231. The Kier molecular flexibility index (Phi) is 6.85. The molecule has 0 bridgehead atoms. The largest absolute Gasteiger partial charge is 0.488 e. The van der Waals surface area contributed by atoms with Crippen LogP contribution in [0.15, 0.2) is 76.2 Å². The third-order valence-corrected chi connectivity index (χ3v) is 6.72. The summed E-state index contributed by atoms with van der Waals surface area (Å²) in [4.78, 5) is 22.0. The average molecular weight is 572 g/mol. The van der Waals surface area contributed by atoms with Crippen molar-refractivity contribution in [3.63, 3.8) is 0 Å². The van der Waals surface area contributed by atoms with E-state index in [1.54, 1.807) is 30.7 Å². The second-order valence-electron chi connectivity index (χ2n) is 9.97. The summed E-state index contributed by atoms with van der Waals surface area (Å²) in [6.07, 6.45) is 1.22. The minimum Gasteiger partial charge on any atom is -0.488 e. The van der Waals surface area contributed by atoms with Crippen LogP contribution in [0.5, 0.6) is 5.75 Å². The molecule has 11 heteroatoms. The molecule has 3 heterocycles. The number of hydrogen-bond acceptors (Lipinski definition) is 7. The Labute approximate surface area is 237 Å². The number of aryl methyl sites for hydroxylation is 2. The van der Waals surface area contributed by atoms with Gasteiger partial charge in [-0.15, -0.1) is 0 Å². The van der Waals surface area contributed by atoms with Crippen molar-refractivity contribution in [2.75, 3.05) is 5.73 Å². The molecule has 0 spiro atoms. The molecular weight excluding hydrogens is 547 g/mol. The fourth-order valence-electron chi connectivity index (χ4n) is 4.92. The smallest absolute Gasteiger partial charge is 0.200 e. The molecule has 2 N–H and O–H groups in total. The van der Waals surface area contributed by atoms with E-state index in [1.165, 1.54) is 48.8 Å². The highest BCUT2D eigenvalue weighted by Gasteiger charge is 2.21. The summed E-state index contributed by atoms with van der Waals surface area (Å²) >= 11 is 0. The van der Waals surface area contributed by atoms with Gasteiger partial charge in [-0.05, 0) is 67.9 Å². The molecule has 0 aliphatic carbocycles. The van der Waals surface area contributed by atoms with E-state index >= 15 is 0 Å². The molecule has 3 aromatic heterocycles. The zero-order chi connectivity index (χ0) is 29.5. The van der Waals surface area contributed by atoms with Gasteiger partial charge in [-0.25, -0.2) is 27.8 Å². The van der Waals surface area contributed by atoms with Crippen molar-refractivity contribution in [1.82, 2.24) is 19.7 Å². The summed E-state index contributed by atoms with van der Waals surface area (Å²) in [5, 5.41) is 5.14. The van der Waals surface area contributed by atoms with Gasteiger partial charge in [-0.3, -0.25) is 4.79 Å². The van der Waals surface area contributed by atoms with E-state index < -0.39 is 22.9 Å². The molecule has 3 aromatic carbocycles. The highest BCUT2D eigenvalue weighted by Crippen LogP contribution is 2.33. The molecule has 0 aliphatic rings. The third-order valence-electron chi connectivity index (χ3n) is 6.72. The summed E-state index contributed by atoms with van der Waals surface area (Å²) in [6.45, 7) is 3.76. The topological polar surface area (TPSA) is 109 Å². The lowest BCUT2D eigenvalue weighted by Crippen LogP contribution is -2.12. The van der Waals surface area contributed by atoms with Crippen LogP contribution >= 0.6 is 0 Å².